The molecule has 4 nitrogen and oxygen atoms in total. The number of methoxy groups -OCH3 is 1. The lowest BCUT2D eigenvalue weighted by molar-refractivity contribution is 0.140. The highest BCUT2D eigenvalue weighted by atomic mass is 16.5. The normalized spacial score (nSPS) is 14.9. The molecular weight excluding hydrogens is 226 g/mol. The fourth-order valence-corrected chi connectivity index (χ4v) is 2.33. The summed E-state index contributed by atoms with van der Waals surface area (Å²) < 4.78 is 7.19. The minimum atomic E-state index is -0.384. The Bertz CT molecular complexity index is 531. The quantitative estimate of drug-likeness (QED) is 0.878. The standard InChI is InChI=1S/C14H21N3O/c1-4-17-13-8-6-5-7-11(13)12(16-17)9-14(2,15)10-18-3/h5-8H,4,9-10,15H2,1-3H3. The molecule has 0 fully saturated rings. The summed E-state index contributed by atoms with van der Waals surface area (Å²) in [6.45, 7) is 5.49. The highest BCUT2D eigenvalue weighted by molar-refractivity contribution is 5.82. The lowest BCUT2D eigenvalue weighted by Crippen LogP contribution is -2.43. The van der Waals surface area contributed by atoms with Crippen molar-refractivity contribution in [3.8, 4) is 0 Å². The summed E-state index contributed by atoms with van der Waals surface area (Å²) in [6, 6.07) is 8.28. The van der Waals surface area contributed by atoms with E-state index in [4.69, 9.17) is 10.5 Å². The number of aryl methyl sites for hydroxylation is 1. The zero-order chi connectivity index (χ0) is 13.2. The van der Waals surface area contributed by atoms with Gasteiger partial charge in [-0.15, -0.1) is 0 Å². The first kappa shape index (κ1) is 13.1. The SMILES string of the molecule is CCn1nc(CC(C)(N)COC)c2ccccc21. The Morgan fingerprint density at radius 1 is 1.39 bits per heavy atom. The van der Waals surface area contributed by atoms with Gasteiger partial charge in [-0.3, -0.25) is 4.68 Å². The maximum Gasteiger partial charge on any atom is 0.0722 e. The molecular formula is C14H21N3O. The summed E-state index contributed by atoms with van der Waals surface area (Å²) >= 11 is 0. The van der Waals surface area contributed by atoms with Gasteiger partial charge in [-0.25, -0.2) is 0 Å². The van der Waals surface area contributed by atoms with Crippen molar-refractivity contribution < 1.29 is 4.74 Å². The van der Waals surface area contributed by atoms with Gasteiger partial charge in [0.25, 0.3) is 0 Å². The second kappa shape index (κ2) is 5.08. The molecule has 98 valence electrons. The lowest BCUT2D eigenvalue weighted by atomic mass is 9.97. The Morgan fingerprint density at radius 2 is 2.11 bits per heavy atom. The van der Waals surface area contributed by atoms with Crippen molar-refractivity contribution in [2.24, 2.45) is 5.73 Å². The largest absolute Gasteiger partial charge is 0.383 e. The third kappa shape index (κ3) is 2.54. The van der Waals surface area contributed by atoms with Crippen LogP contribution in [0.25, 0.3) is 10.9 Å². The van der Waals surface area contributed by atoms with Crippen molar-refractivity contribution in [3.63, 3.8) is 0 Å². The third-order valence-corrected chi connectivity index (χ3v) is 3.08. The van der Waals surface area contributed by atoms with Crippen molar-refractivity contribution >= 4 is 10.9 Å². The van der Waals surface area contributed by atoms with Gasteiger partial charge in [-0.2, -0.15) is 5.10 Å². The summed E-state index contributed by atoms with van der Waals surface area (Å²) in [5.74, 6) is 0. The number of ether oxygens (including phenoxy) is 1. The molecule has 0 aliphatic heterocycles. The number of benzene rings is 1. The van der Waals surface area contributed by atoms with Gasteiger partial charge in [0.1, 0.15) is 0 Å². The highest BCUT2D eigenvalue weighted by Gasteiger charge is 2.22. The Kier molecular flexibility index (Phi) is 3.68. The number of rotatable bonds is 5. The van der Waals surface area contributed by atoms with Crippen LogP contribution in [0, 0.1) is 0 Å². The summed E-state index contributed by atoms with van der Waals surface area (Å²) in [6.07, 6.45) is 0.717. The number of nitrogens with two attached hydrogens (primary N) is 1. The third-order valence-electron chi connectivity index (χ3n) is 3.08. The van der Waals surface area contributed by atoms with Crippen LogP contribution in [0.15, 0.2) is 24.3 Å². The van der Waals surface area contributed by atoms with Crippen LogP contribution < -0.4 is 5.73 Å². The number of hydrogen-bond acceptors (Lipinski definition) is 3. The van der Waals surface area contributed by atoms with Crippen molar-refractivity contribution in [1.29, 1.82) is 0 Å². The van der Waals surface area contributed by atoms with Crippen molar-refractivity contribution in [2.75, 3.05) is 13.7 Å². The van der Waals surface area contributed by atoms with Crippen LogP contribution in [0.2, 0.25) is 0 Å². The fourth-order valence-electron chi connectivity index (χ4n) is 2.33. The number of fused-ring (bicyclic) bond motifs is 1. The summed E-state index contributed by atoms with van der Waals surface area (Å²) in [5.41, 5.74) is 8.06. The molecule has 1 heterocycles. The predicted molar refractivity (Wildman–Crippen MR) is 73.6 cm³/mol. The van der Waals surface area contributed by atoms with Gasteiger partial charge >= 0.3 is 0 Å². The second-order valence-electron chi connectivity index (χ2n) is 5.04. The molecule has 0 aliphatic rings. The molecule has 1 aromatic carbocycles. The van der Waals surface area contributed by atoms with Gasteiger partial charge in [-0.1, -0.05) is 18.2 Å². The van der Waals surface area contributed by atoms with Crippen LogP contribution in [0.1, 0.15) is 19.5 Å². The molecule has 0 aliphatic carbocycles. The average Bonchev–Trinajstić information content (AvgIpc) is 2.67. The number of nitrogens with zero attached hydrogens (tertiary/aromatic N) is 2. The summed E-state index contributed by atoms with van der Waals surface area (Å²) in [5, 5.41) is 5.84. The van der Waals surface area contributed by atoms with Gasteiger partial charge < -0.3 is 10.5 Å². The molecule has 0 saturated heterocycles. The van der Waals surface area contributed by atoms with E-state index >= 15 is 0 Å². The Hall–Kier alpha value is -1.39. The molecule has 0 bridgehead atoms. The van der Waals surface area contributed by atoms with E-state index in [2.05, 4.69) is 24.2 Å². The average molecular weight is 247 g/mol. The minimum Gasteiger partial charge on any atom is -0.383 e. The maximum atomic E-state index is 6.23. The van der Waals surface area contributed by atoms with E-state index in [1.54, 1.807) is 7.11 Å². The second-order valence-corrected chi connectivity index (χ2v) is 5.04. The van der Waals surface area contributed by atoms with Crippen molar-refractivity contribution in [3.05, 3.63) is 30.0 Å². The number of aromatic nitrogens is 2. The highest BCUT2D eigenvalue weighted by Crippen LogP contribution is 2.21. The van der Waals surface area contributed by atoms with Crippen LogP contribution in [-0.2, 0) is 17.7 Å². The Morgan fingerprint density at radius 3 is 2.78 bits per heavy atom. The van der Waals surface area contributed by atoms with E-state index in [9.17, 15) is 0 Å². The first-order valence-electron chi connectivity index (χ1n) is 6.29. The summed E-state index contributed by atoms with van der Waals surface area (Å²) in [7, 11) is 1.67. The van der Waals surface area contributed by atoms with Gasteiger partial charge in [0.05, 0.1) is 17.8 Å². The van der Waals surface area contributed by atoms with Crippen LogP contribution in [0.3, 0.4) is 0 Å². The minimum absolute atomic E-state index is 0.384. The van der Waals surface area contributed by atoms with E-state index in [1.165, 1.54) is 10.9 Å². The molecule has 18 heavy (non-hydrogen) atoms. The molecule has 2 aromatic rings. The molecule has 1 unspecified atom stereocenters. The van der Waals surface area contributed by atoms with Gasteiger partial charge in [0.2, 0.25) is 0 Å². The first-order chi connectivity index (χ1) is 8.57. The van der Waals surface area contributed by atoms with E-state index in [-0.39, 0.29) is 5.54 Å². The molecule has 0 radical (unpaired) electrons. The topological polar surface area (TPSA) is 53.1 Å². The van der Waals surface area contributed by atoms with Crippen molar-refractivity contribution in [1.82, 2.24) is 9.78 Å². The molecule has 0 saturated carbocycles. The van der Waals surface area contributed by atoms with Crippen molar-refractivity contribution in [2.45, 2.75) is 32.4 Å². The molecule has 1 atom stereocenters. The Labute approximate surface area is 108 Å². The monoisotopic (exact) mass is 247 g/mol. The molecule has 2 rings (SSSR count). The van der Waals surface area contributed by atoms with Crippen LogP contribution in [0.5, 0.6) is 0 Å². The van der Waals surface area contributed by atoms with Gasteiger partial charge in [0, 0.05) is 31.0 Å². The van der Waals surface area contributed by atoms with E-state index in [0.717, 1.165) is 12.2 Å². The summed E-state index contributed by atoms with van der Waals surface area (Å²) in [4.78, 5) is 0. The Balaban J connectivity index is 2.39. The maximum absolute atomic E-state index is 6.23. The lowest BCUT2D eigenvalue weighted by Gasteiger charge is -2.22. The van der Waals surface area contributed by atoms with Crippen LogP contribution >= 0.6 is 0 Å². The van der Waals surface area contributed by atoms with E-state index in [1.807, 2.05) is 23.7 Å². The molecule has 0 spiro atoms. The molecule has 2 N–H and O–H groups in total. The molecule has 1 aromatic heterocycles. The first-order valence-corrected chi connectivity index (χ1v) is 6.29. The predicted octanol–water partition coefficient (Wildman–Crippen LogP) is 1.96. The van der Waals surface area contributed by atoms with Crippen LogP contribution in [0.4, 0.5) is 0 Å². The molecule has 4 heteroatoms. The van der Waals surface area contributed by atoms with Crippen LogP contribution in [-0.4, -0.2) is 29.0 Å². The molecule has 0 amide bonds. The zero-order valence-corrected chi connectivity index (χ0v) is 11.3. The van der Waals surface area contributed by atoms with E-state index < -0.39 is 0 Å². The van der Waals surface area contributed by atoms with E-state index in [0.29, 0.717) is 13.0 Å². The number of para-hydroxylation sites is 1. The zero-order valence-electron chi connectivity index (χ0n) is 11.3. The van der Waals surface area contributed by atoms with Gasteiger partial charge in [-0.05, 0) is 19.9 Å². The smallest absolute Gasteiger partial charge is 0.0722 e. The number of hydrogen-bond donors (Lipinski definition) is 1. The fraction of sp³-hybridized carbons (Fsp3) is 0.500. The van der Waals surface area contributed by atoms with Gasteiger partial charge in [0.15, 0.2) is 0 Å².